The van der Waals surface area contributed by atoms with Crippen LogP contribution in [0, 0.1) is 0 Å². The van der Waals surface area contributed by atoms with E-state index in [0.717, 1.165) is 12.3 Å². The Morgan fingerprint density at radius 1 is 1.00 bits per heavy atom. The van der Waals surface area contributed by atoms with Crippen LogP contribution in [0.1, 0.15) is 52.4 Å². The third kappa shape index (κ3) is 4.30. The molecule has 1 saturated heterocycles. The smallest absolute Gasteiger partial charge is 0.119 e. The van der Waals surface area contributed by atoms with Crippen molar-refractivity contribution in [2.75, 3.05) is 11.4 Å². The first-order chi connectivity index (χ1) is 10.6. The lowest BCUT2D eigenvalue weighted by Gasteiger charge is -2.52. The van der Waals surface area contributed by atoms with E-state index in [0.29, 0.717) is 18.2 Å². The highest BCUT2D eigenvalue weighted by molar-refractivity contribution is 5.85. The third-order valence-corrected chi connectivity index (χ3v) is 5.27. The summed E-state index contributed by atoms with van der Waals surface area (Å²) in [5, 5.41) is 3.87. The number of ether oxygens (including phenoxy) is 1. The molecule has 0 amide bonds. The van der Waals surface area contributed by atoms with Crippen LogP contribution in [0.3, 0.4) is 0 Å². The molecular formula is C19H30Cl2N2O. The first-order valence-electron chi connectivity index (χ1n) is 8.92. The van der Waals surface area contributed by atoms with Gasteiger partial charge in [0.15, 0.2) is 0 Å². The molecule has 0 bridgehead atoms. The molecule has 2 atom stereocenters. The van der Waals surface area contributed by atoms with Crippen LogP contribution in [-0.2, 0) is 0 Å². The van der Waals surface area contributed by atoms with E-state index in [1.165, 1.54) is 44.2 Å². The maximum atomic E-state index is 5.88. The summed E-state index contributed by atoms with van der Waals surface area (Å²) in [5.74, 6) is 1.03. The summed E-state index contributed by atoms with van der Waals surface area (Å²) in [4.78, 5) is 2.64. The van der Waals surface area contributed by atoms with Gasteiger partial charge in [0.1, 0.15) is 5.75 Å². The standard InChI is InChI=1S/C19H28N2O.2ClH/c1-19(2)13-21(18-6-4-3-5-17(18)20-19)14-7-9-15(10-8-14)22-16-11-12-16;;/h7-10,16-18,20H,3-6,11-13H2,1-2H3;2*1H/t17-,18+;;/m1../s1. The lowest BCUT2D eigenvalue weighted by atomic mass is 9.83. The molecule has 0 unspecified atom stereocenters. The first-order valence-corrected chi connectivity index (χ1v) is 8.92. The van der Waals surface area contributed by atoms with Crippen molar-refractivity contribution in [2.24, 2.45) is 0 Å². The average molecular weight is 373 g/mol. The SMILES string of the molecule is CC1(C)CN(c2ccc(OC3CC3)cc2)[C@H]2CCCC[C@H]2N1.Cl.Cl. The van der Waals surface area contributed by atoms with Crippen LogP contribution in [0.25, 0.3) is 0 Å². The number of hydrogen-bond donors (Lipinski definition) is 1. The molecule has 2 aliphatic carbocycles. The number of nitrogens with one attached hydrogen (secondary N) is 1. The third-order valence-electron chi connectivity index (χ3n) is 5.27. The molecule has 2 saturated carbocycles. The second-order valence-corrected chi connectivity index (χ2v) is 7.93. The Hall–Kier alpha value is -0.640. The molecule has 0 aromatic heterocycles. The Bertz CT molecular complexity index is 531. The second-order valence-electron chi connectivity index (χ2n) is 7.93. The van der Waals surface area contributed by atoms with E-state index in [4.69, 9.17) is 4.74 Å². The van der Waals surface area contributed by atoms with E-state index < -0.39 is 0 Å². The summed E-state index contributed by atoms with van der Waals surface area (Å²) >= 11 is 0. The summed E-state index contributed by atoms with van der Waals surface area (Å²) in [6.45, 7) is 5.74. The van der Waals surface area contributed by atoms with E-state index in [-0.39, 0.29) is 30.4 Å². The normalized spacial score (nSPS) is 28.2. The molecule has 1 heterocycles. The van der Waals surface area contributed by atoms with Crippen LogP contribution in [0.15, 0.2) is 24.3 Å². The van der Waals surface area contributed by atoms with Crippen molar-refractivity contribution in [3.63, 3.8) is 0 Å². The summed E-state index contributed by atoms with van der Waals surface area (Å²) < 4.78 is 5.88. The fourth-order valence-corrected chi connectivity index (χ4v) is 4.12. The van der Waals surface area contributed by atoms with Crippen molar-refractivity contribution in [1.82, 2.24) is 5.32 Å². The van der Waals surface area contributed by atoms with Gasteiger partial charge < -0.3 is 15.0 Å². The van der Waals surface area contributed by atoms with Gasteiger partial charge in [-0.05, 0) is 63.8 Å². The molecule has 24 heavy (non-hydrogen) atoms. The molecule has 1 N–H and O–H groups in total. The van der Waals surface area contributed by atoms with Crippen molar-refractivity contribution < 1.29 is 4.74 Å². The van der Waals surface area contributed by atoms with Crippen LogP contribution < -0.4 is 15.0 Å². The summed E-state index contributed by atoms with van der Waals surface area (Å²) in [6.07, 6.45) is 8.28. The predicted octanol–water partition coefficient (Wildman–Crippen LogP) is 4.57. The van der Waals surface area contributed by atoms with Crippen LogP contribution >= 0.6 is 24.8 Å². The topological polar surface area (TPSA) is 24.5 Å². The number of piperazine rings is 1. The lowest BCUT2D eigenvalue weighted by molar-refractivity contribution is 0.199. The van der Waals surface area contributed by atoms with Gasteiger partial charge in [-0.2, -0.15) is 0 Å². The molecule has 0 radical (unpaired) electrons. The van der Waals surface area contributed by atoms with Crippen molar-refractivity contribution in [1.29, 1.82) is 0 Å². The highest BCUT2D eigenvalue weighted by atomic mass is 35.5. The molecule has 5 heteroatoms. The maximum Gasteiger partial charge on any atom is 0.119 e. The van der Waals surface area contributed by atoms with Crippen molar-refractivity contribution in [3.05, 3.63) is 24.3 Å². The quantitative estimate of drug-likeness (QED) is 0.840. The van der Waals surface area contributed by atoms with Gasteiger partial charge in [0, 0.05) is 29.9 Å². The maximum absolute atomic E-state index is 5.88. The highest BCUT2D eigenvalue weighted by Gasteiger charge is 2.40. The molecule has 3 fully saturated rings. The van der Waals surface area contributed by atoms with E-state index in [1.807, 2.05) is 0 Å². The minimum Gasteiger partial charge on any atom is -0.490 e. The van der Waals surface area contributed by atoms with Crippen LogP contribution in [-0.4, -0.2) is 30.3 Å². The Morgan fingerprint density at radius 3 is 2.33 bits per heavy atom. The Labute approximate surface area is 158 Å². The fourth-order valence-electron chi connectivity index (χ4n) is 4.12. The minimum absolute atomic E-state index is 0. The molecule has 3 aliphatic rings. The zero-order valence-electron chi connectivity index (χ0n) is 14.7. The molecule has 3 nitrogen and oxygen atoms in total. The van der Waals surface area contributed by atoms with E-state index in [2.05, 4.69) is 48.3 Å². The van der Waals surface area contributed by atoms with Gasteiger partial charge >= 0.3 is 0 Å². The van der Waals surface area contributed by atoms with Gasteiger partial charge in [0.2, 0.25) is 0 Å². The number of fused-ring (bicyclic) bond motifs is 1. The molecule has 1 aliphatic heterocycles. The largest absolute Gasteiger partial charge is 0.490 e. The summed E-state index contributed by atoms with van der Waals surface area (Å²) in [7, 11) is 0. The lowest BCUT2D eigenvalue weighted by Crippen LogP contribution is -2.67. The Kier molecular flexibility index (Phi) is 6.33. The monoisotopic (exact) mass is 372 g/mol. The zero-order chi connectivity index (χ0) is 15.2. The molecular weight excluding hydrogens is 343 g/mol. The Morgan fingerprint density at radius 2 is 1.67 bits per heavy atom. The fraction of sp³-hybridized carbons (Fsp3) is 0.684. The van der Waals surface area contributed by atoms with Gasteiger partial charge in [-0.1, -0.05) is 12.8 Å². The number of anilines is 1. The molecule has 1 aromatic carbocycles. The molecule has 0 spiro atoms. The number of halogens is 2. The van der Waals surface area contributed by atoms with E-state index in [1.54, 1.807) is 0 Å². The average Bonchev–Trinajstić information content (AvgIpc) is 3.30. The van der Waals surface area contributed by atoms with Gasteiger partial charge in [0.05, 0.1) is 6.10 Å². The highest BCUT2D eigenvalue weighted by Crippen LogP contribution is 2.35. The van der Waals surface area contributed by atoms with E-state index >= 15 is 0 Å². The second kappa shape index (κ2) is 7.72. The number of nitrogens with zero attached hydrogens (tertiary/aromatic N) is 1. The van der Waals surface area contributed by atoms with Gasteiger partial charge in [0.25, 0.3) is 0 Å². The van der Waals surface area contributed by atoms with Crippen molar-refractivity contribution in [2.45, 2.75) is 76.1 Å². The van der Waals surface area contributed by atoms with E-state index in [9.17, 15) is 0 Å². The van der Waals surface area contributed by atoms with Crippen molar-refractivity contribution in [3.8, 4) is 5.75 Å². The molecule has 4 rings (SSSR count). The number of hydrogen-bond acceptors (Lipinski definition) is 3. The van der Waals surface area contributed by atoms with Gasteiger partial charge in [-0.25, -0.2) is 0 Å². The minimum atomic E-state index is 0. The Balaban J connectivity index is 0.00000104. The summed E-state index contributed by atoms with van der Waals surface area (Å²) in [5.41, 5.74) is 1.54. The van der Waals surface area contributed by atoms with Gasteiger partial charge in [-0.15, -0.1) is 24.8 Å². The molecule has 136 valence electrons. The summed E-state index contributed by atoms with van der Waals surface area (Å²) in [6, 6.07) is 10.1. The van der Waals surface area contributed by atoms with Crippen molar-refractivity contribution >= 4 is 30.5 Å². The molecule has 1 aromatic rings. The van der Waals surface area contributed by atoms with Crippen LogP contribution in [0.4, 0.5) is 5.69 Å². The number of rotatable bonds is 3. The van der Waals surface area contributed by atoms with Crippen LogP contribution in [0.5, 0.6) is 5.75 Å². The first kappa shape index (κ1) is 19.7. The predicted molar refractivity (Wildman–Crippen MR) is 105 cm³/mol. The van der Waals surface area contributed by atoms with Crippen LogP contribution in [0.2, 0.25) is 0 Å². The number of benzene rings is 1. The van der Waals surface area contributed by atoms with Gasteiger partial charge in [-0.3, -0.25) is 0 Å². The zero-order valence-corrected chi connectivity index (χ0v) is 16.3.